The Morgan fingerprint density at radius 2 is 2.27 bits per heavy atom. The predicted molar refractivity (Wildman–Crippen MR) is 56.1 cm³/mol. The van der Waals surface area contributed by atoms with E-state index in [1.807, 2.05) is 13.0 Å². The Balaban J connectivity index is 2.86. The van der Waals surface area contributed by atoms with Gasteiger partial charge in [0.2, 0.25) is 0 Å². The second-order valence-corrected chi connectivity index (χ2v) is 3.41. The van der Waals surface area contributed by atoms with Gasteiger partial charge < -0.3 is 4.90 Å². The minimum atomic E-state index is -0.432. The molecule has 0 aromatic carbocycles. The topological polar surface area (TPSA) is 57.0 Å². The van der Waals surface area contributed by atoms with E-state index < -0.39 is 6.04 Å². The third-order valence-electron chi connectivity index (χ3n) is 2.25. The van der Waals surface area contributed by atoms with Crippen molar-refractivity contribution in [1.29, 1.82) is 5.26 Å². The summed E-state index contributed by atoms with van der Waals surface area (Å²) in [5.74, 6) is -0.184. The zero-order valence-corrected chi connectivity index (χ0v) is 9.06. The van der Waals surface area contributed by atoms with Gasteiger partial charge in [0.1, 0.15) is 6.04 Å². The molecular weight excluding hydrogens is 190 g/mol. The normalized spacial score (nSPS) is 11.6. The third kappa shape index (κ3) is 2.53. The summed E-state index contributed by atoms with van der Waals surface area (Å²) in [6.07, 6.45) is 1.53. The number of nitriles is 1. The van der Waals surface area contributed by atoms with Crippen LogP contribution in [0.3, 0.4) is 0 Å². The van der Waals surface area contributed by atoms with Crippen molar-refractivity contribution in [3.05, 3.63) is 29.6 Å². The second-order valence-electron chi connectivity index (χ2n) is 3.41. The average Bonchev–Trinajstić information content (AvgIpc) is 2.27. The Morgan fingerprint density at radius 1 is 1.60 bits per heavy atom. The molecule has 0 aliphatic rings. The SMILES string of the molecule is Cc1ccc(C(=O)N(C)C(C)C#N)cn1. The standard InChI is InChI=1S/C11H13N3O/c1-8-4-5-10(7-13-8)11(15)14(3)9(2)6-12/h4-5,7,9H,1-3H3. The minimum absolute atomic E-state index is 0.184. The highest BCUT2D eigenvalue weighted by Crippen LogP contribution is 2.05. The molecule has 1 aromatic heterocycles. The summed E-state index contributed by atoms with van der Waals surface area (Å²) in [6.45, 7) is 3.54. The summed E-state index contributed by atoms with van der Waals surface area (Å²) in [6, 6.07) is 5.07. The molecule has 15 heavy (non-hydrogen) atoms. The third-order valence-corrected chi connectivity index (χ3v) is 2.25. The molecule has 1 rings (SSSR count). The number of rotatable bonds is 2. The lowest BCUT2D eigenvalue weighted by Crippen LogP contribution is -2.34. The van der Waals surface area contributed by atoms with Crippen LogP contribution >= 0.6 is 0 Å². The Labute approximate surface area is 89.2 Å². The molecule has 0 bridgehead atoms. The summed E-state index contributed by atoms with van der Waals surface area (Å²) in [4.78, 5) is 17.2. The van der Waals surface area contributed by atoms with Gasteiger partial charge in [-0.25, -0.2) is 0 Å². The fourth-order valence-corrected chi connectivity index (χ4v) is 1.06. The molecule has 0 aliphatic heterocycles. The van der Waals surface area contributed by atoms with E-state index >= 15 is 0 Å². The van der Waals surface area contributed by atoms with Gasteiger partial charge in [-0.3, -0.25) is 9.78 Å². The molecule has 1 atom stereocenters. The zero-order chi connectivity index (χ0) is 11.4. The zero-order valence-electron chi connectivity index (χ0n) is 9.06. The van der Waals surface area contributed by atoms with Gasteiger partial charge in [0.15, 0.2) is 0 Å². The van der Waals surface area contributed by atoms with Crippen LogP contribution in [0.1, 0.15) is 23.0 Å². The van der Waals surface area contributed by atoms with Crippen LogP contribution in [0.2, 0.25) is 0 Å². The first-order chi connectivity index (χ1) is 7.06. The van der Waals surface area contributed by atoms with Crippen LogP contribution in [0.15, 0.2) is 18.3 Å². The van der Waals surface area contributed by atoms with E-state index in [9.17, 15) is 4.79 Å². The number of aromatic nitrogens is 1. The van der Waals surface area contributed by atoms with Crippen LogP contribution in [0, 0.1) is 18.3 Å². The molecule has 1 unspecified atom stereocenters. The Morgan fingerprint density at radius 3 is 2.73 bits per heavy atom. The summed E-state index contributed by atoms with van der Waals surface area (Å²) >= 11 is 0. The van der Waals surface area contributed by atoms with Crippen molar-refractivity contribution >= 4 is 5.91 Å². The van der Waals surface area contributed by atoms with E-state index in [2.05, 4.69) is 4.98 Å². The maximum atomic E-state index is 11.8. The molecule has 1 heterocycles. The molecule has 1 aromatic rings. The van der Waals surface area contributed by atoms with E-state index in [0.717, 1.165) is 5.69 Å². The lowest BCUT2D eigenvalue weighted by molar-refractivity contribution is 0.0772. The van der Waals surface area contributed by atoms with Crippen molar-refractivity contribution < 1.29 is 4.79 Å². The molecule has 1 amide bonds. The van der Waals surface area contributed by atoms with Crippen LogP contribution in [0.5, 0.6) is 0 Å². The fraction of sp³-hybridized carbons (Fsp3) is 0.364. The van der Waals surface area contributed by atoms with Gasteiger partial charge in [-0.2, -0.15) is 5.26 Å². The van der Waals surface area contributed by atoms with Gasteiger partial charge in [-0.15, -0.1) is 0 Å². The number of aryl methyl sites for hydroxylation is 1. The summed E-state index contributed by atoms with van der Waals surface area (Å²) in [5.41, 5.74) is 1.37. The molecule has 0 saturated heterocycles. The van der Waals surface area contributed by atoms with E-state index in [4.69, 9.17) is 5.26 Å². The van der Waals surface area contributed by atoms with E-state index in [1.54, 1.807) is 26.1 Å². The summed E-state index contributed by atoms with van der Waals surface area (Å²) in [5, 5.41) is 8.69. The number of hydrogen-bond acceptors (Lipinski definition) is 3. The molecule has 0 radical (unpaired) electrons. The first kappa shape index (κ1) is 11.2. The molecule has 78 valence electrons. The summed E-state index contributed by atoms with van der Waals surface area (Å²) < 4.78 is 0. The van der Waals surface area contributed by atoms with Crippen molar-refractivity contribution in [2.75, 3.05) is 7.05 Å². The lowest BCUT2D eigenvalue weighted by atomic mass is 10.2. The molecule has 0 fully saturated rings. The van der Waals surface area contributed by atoms with Crippen molar-refractivity contribution in [3.63, 3.8) is 0 Å². The first-order valence-corrected chi connectivity index (χ1v) is 4.65. The van der Waals surface area contributed by atoms with Gasteiger partial charge in [0.05, 0.1) is 11.6 Å². The quantitative estimate of drug-likeness (QED) is 0.729. The van der Waals surface area contributed by atoms with Gasteiger partial charge in [-0.1, -0.05) is 0 Å². The first-order valence-electron chi connectivity index (χ1n) is 4.65. The largest absolute Gasteiger partial charge is 0.326 e. The van der Waals surface area contributed by atoms with Crippen molar-refractivity contribution in [2.24, 2.45) is 0 Å². The van der Waals surface area contributed by atoms with Crippen molar-refractivity contribution in [3.8, 4) is 6.07 Å². The Hall–Kier alpha value is -1.89. The van der Waals surface area contributed by atoms with E-state index in [-0.39, 0.29) is 5.91 Å². The van der Waals surface area contributed by atoms with Gasteiger partial charge in [-0.05, 0) is 26.0 Å². The van der Waals surface area contributed by atoms with Gasteiger partial charge in [0.25, 0.3) is 5.91 Å². The maximum absolute atomic E-state index is 11.8. The number of pyridine rings is 1. The number of carbonyl (C=O) groups is 1. The molecule has 0 N–H and O–H groups in total. The smallest absolute Gasteiger partial charge is 0.256 e. The highest BCUT2D eigenvalue weighted by Gasteiger charge is 2.16. The Kier molecular flexibility index (Phi) is 3.40. The molecule has 0 saturated carbocycles. The van der Waals surface area contributed by atoms with Gasteiger partial charge in [0, 0.05) is 18.9 Å². The predicted octanol–water partition coefficient (Wildman–Crippen LogP) is 1.37. The van der Waals surface area contributed by atoms with Crippen molar-refractivity contribution in [2.45, 2.75) is 19.9 Å². The molecule has 0 aliphatic carbocycles. The van der Waals surface area contributed by atoms with Crippen LogP contribution in [-0.2, 0) is 0 Å². The maximum Gasteiger partial charge on any atom is 0.256 e. The molecular formula is C11H13N3O. The van der Waals surface area contributed by atoms with Crippen LogP contribution in [-0.4, -0.2) is 28.9 Å². The monoisotopic (exact) mass is 203 g/mol. The Bertz CT molecular complexity index is 391. The molecule has 4 heteroatoms. The number of amides is 1. The number of carbonyl (C=O) groups excluding carboxylic acids is 1. The lowest BCUT2D eigenvalue weighted by Gasteiger charge is -2.19. The van der Waals surface area contributed by atoms with E-state index in [0.29, 0.717) is 5.56 Å². The number of nitrogens with zero attached hydrogens (tertiary/aromatic N) is 3. The van der Waals surface area contributed by atoms with E-state index in [1.165, 1.54) is 11.1 Å². The average molecular weight is 203 g/mol. The van der Waals surface area contributed by atoms with Gasteiger partial charge >= 0.3 is 0 Å². The molecule has 0 spiro atoms. The minimum Gasteiger partial charge on any atom is -0.326 e. The molecule has 4 nitrogen and oxygen atoms in total. The van der Waals surface area contributed by atoms with Crippen LogP contribution in [0.4, 0.5) is 0 Å². The van der Waals surface area contributed by atoms with Crippen LogP contribution in [0.25, 0.3) is 0 Å². The summed E-state index contributed by atoms with van der Waals surface area (Å²) in [7, 11) is 1.61. The van der Waals surface area contributed by atoms with Crippen molar-refractivity contribution in [1.82, 2.24) is 9.88 Å². The second kappa shape index (κ2) is 4.56. The highest BCUT2D eigenvalue weighted by molar-refractivity contribution is 5.94. The van der Waals surface area contributed by atoms with Crippen LogP contribution < -0.4 is 0 Å². The fourth-order valence-electron chi connectivity index (χ4n) is 1.06. The number of hydrogen-bond donors (Lipinski definition) is 0. The highest BCUT2D eigenvalue weighted by atomic mass is 16.2.